The molecule has 0 heterocycles. The van der Waals surface area contributed by atoms with Gasteiger partial charge in [0.05, 0.1) is 18.5 Å². The zero-order chi connectivity index (χ0) is 15.8. The maximum absolute atomic E-state index is 11.0. The summed E-state index contributed by atoms with van der Waals surface area (Å²) in [6, 6.07) is 0. The highest BCUT2D eigenvalue weighted by atomic mass is 32.2. The van der Waals surface area contributed by atoms with Crippen molar-refractivity contribution in [1.29, 1.82) is 0 Å². The van der Waals surface area contributed by atoms with E-state index in [-0.39, 0.29) is 6.61 Å². The summed E-state index contributed by atoms with van der Waals surface area (Å²) >= 11 is 0. The van der Waals surface area contributed by atoms with E-state index in [1.807, 2.05) is 0 Å². The summed E-state index contributed by atoms with van der Waals surface area (Å²) in [5.74, 6) is -0.625. The molecule has 2 rings (SSSR count). The lowest BCUT2D eigenvalue weighted by Gasteiger charge is -2.08. The van der Waals surface area contributed by atoms with E-state index in [0.29, 0.717) is 25.7 Å². The molecule has 9 heteroatoms. The fourth-order valence-corrected chi connectivity index (χ4v) is 4.12. The quantitative estimate of drug-likeness (QED) is 0.678. The molecular formula is C11H20O7S2. The van der Waals surface area contributed by atoms with Gasteiger partial charge in [0.25, 0.3) is 0 Å². The van der Waals surface area contributed by atoms with Crippen molar-refractivity contribution in [3.8, 4) is 0 Å². The Kier molecular flexibility index (Phi) is 4.58. The van der Waals surface area contributed by atoms with Crippen LogP contribution in [0.25, 0.3) is 0 Å². The van der Waals surface area contributed by atoms with Gasteiger partial charge in [-0.05, 0) is 25.7 Å². The van der Waals surface area contributed by atoms with Crippen LogP contribution in [0.4, 0.5) is 0 Å². The third-order valence-corrected chi connectivity index (χ3v) is 7.96. The molecule has 0 bridgehead atoms. The average Bonchev–Trinajstić information content (AvgIpc) is 3.15. The van der Waals surface area contributed by atoms with Gasteiger partial charge in [-0.3, -0.25) is 4.79 Å². The first kappa shape index (κ1) is 17.4. The summed E-state index contributed by atoms with van der Waals surface area (Å²) in [6.45, 7) is -0.216. The Morgan fingerprint density at radius 3 is 1.55 bits per heavy atom. The van der Waals surface area contributed by atoms with Gasteiger partial charge in [-0.25, -0.2) is 16.8 Å². The average molecular weight is 328 g/mol. The molecule has 0 unspecified atom stereocenters. The van der Waals surface area contributed by atoms with Gasteiger partial charge in [0.2, 0.25) is 0 Å². The van der Waals surface area contributed by atoms with Crippen LogP contribution >= 0.6 is 0 Å². The third kappa shape index (κ3) is 3.15. The number of hydrogen-bond acceptors (Lipinski definition) is 7. The summed E-state index contributed by atoms with van der Waals surface area (Å²) in [7, 11) is -5.07. The highest BCUT2D eigenvalue weighted by molar-refractivity contribution is 7.93. The second-order valence-electron chi connectivity index (χ2n) is 5.37. The molecule has 1 N–H and O–H groups in total. The molecule has 2 saturated carbocycles. The number of esters is 1. The minimum Gasteiger partial charge on any atom is -0.468 e. The van der Waals surface area contributed by atoms with E-state index in [9.17, 15) is 21.6 Å². The molecular weight excluding hydrogens is 308 g/mol. The first-order chi connectivity index (χ1) is 8.96. The molecule has 2 aliphatic carbocycles. The van der Waals surface area contributed by atoms with E-state index >= 15 is 0 Å². The van der Waals surface area contributed by atoms with Crippen molar-refractivity contribution < 1.29 is 31.5 Å². The summed E-state index contributed by atoms with van der Waals surface area (Å²) in [6.07, 6.45) is 4.30. The van der Waals surface area contributed by atoms with Crippen molar-refractivity contribution in [3.05, 3.63) is 0 Å². The van der Waals surface area contributed by atoms with Crippen LogP contribution in [0.15, 0.2) is 0 Å². The molecule has 2 fully saturated rings. The van der Waals surface area contributed by atoms with E-state index in [4.69, 9.17) is 5.11 Å². The number of hydrogen-bond donors (Lipinski definition) is 1. The highest BCUT2D eigenvalue weighted by Crippen LogP contribution is 2.44. The van der Waals surface area contributed by atoms with E-state index in [0.717, 1.165) is 6.26 Å². The fourth-order valence-electron chi connectivity index (χ4n) is 1.81. The topological polar surface area (TPSA) is 115 Å². The van der Waals surface area contributed by atoms with Gasteiger partial charge < -0.3 is 9.84 Å². The van der Waals surface area contributed by atoms with Crippen molar-refractivity contribution >= 4 is 25.6 Å². The molecule has 0 aliphatic heterocycles. The zero-order valence-corrected chi connectivity index (χ0v) is 13.4. The first-order valence-corrected chi connectivity index (χ1v) is 9.82. The standard InChI is InChI=1S/C6H10O4S.C5H10O3S/c1-10-5(7)6(3-4-6)11(2,8)9;1-9(7,8)5(4-6)2-3-5/h3-4H2,1-2H3;6H,2-4H2,1H3. The Bertz CT molecular complexity index is 580. The minimum atomic E-state index is -3.28. The number of aliphatic hydroxyl groups is 1. The molecule has 0 spiro atoms. The first-order valence-electron chi connectivity index (χ1n) is 6.04. The third-order valence-electron chi connectivity index (χ3n) is 3.85. The lowest BCUT2D eigenvalue weighted by molar-refractivity contribution is -0.140. The number of carbonyl (C=O) groups is 1. The van der Waals surface area contributed by atoms with Crippen molar-refractivity contribution in [2.45, 2.75) is 35.2 Å². The van der Waals surface area contributed by atoms with E-state index < -0.39 is 35.1 Å². The van der Waals surface area contributed by atoms with Crippen LogP contribution in [0.1, 0.15) is 25.7 Å². The molecule has 0 amide bonds. The summed E-state index contributed by atoms with van der Waals surface area (Å²) in [4.78, 5) is 10.9. The smallest absolute Gasteiger partial charge is 0.327 e. The molecule has 0 atom stereocenters. The number of aliphatic hydroxyl groups excluding tert-OH is 1. The maximum Gasteiger partial charge on any atom is 0.327 e. The maximum atomic E-state index is 11.0. The van der Waals surface area contributed by atoms with E-state index in [2.05, 4.69) is 4.74 Å². The largest absolute Gasteiger partial charge is 0.468 e. The van der Waals surface area contributed by atoms with E-state index in [1.165, 1.54) is 13.4 Å². The van der Waals surface area contributed by atoms with Gasteiger partial charge in [0.15, 0.2) is 24.4 Å². The summed E-state index contributed by atoms with van der Waals surface area (Å²) in [5, 5.41) is 8.61. The summed E-state index contributed by atoms with van der Waals surface area (Å²) < 4.78 is 46.1. The highest BCUT2D eigenvalue weighted by Gasteiger charge is 2.59. The zero-order valence-electron chi connectivity index (χ0n) is 11.7. The monoisotopic (exact) mass is 328 g/mol. The Hall–Kier alpha value is -0.670. The van der Waals surface area contributed by atoms with Gasteiger partial charge in [-0.2, -0.15) is 0 Å². The lowest BCUT2D eigenvalue weighted by atomic mass is 10.4. The molecule has 20 heavy (non-hydrogen) atoms. The predicted octanol–water partition coefficient (Wildman–Crippen LogP) is -0.707. The second-order valence-corrected chi connectivity index (χ2v) is 10.1. The number of carbonyl (C=O) groups excluding carboxylic acids is 1. The van der Waals surface area contributed by atoms with Gasteiger partial charge in [0.1, 0.15) is 0 Å². The van der Waals surface area contributed by atoms with Crippen LogP contribution in [0.3, 0.4) is 0 Å². The minimum absolute atomic E-state index is 0.216. The molecule has 0 aromatic rings. The van der Waals surface area contributed by atoms with Crippen molar-refractivity contribution in [1.82, 2.24) is 0 Å². The Labute approximate surface area is 119 Å². The normalized spacial score (nSPS) is 22.2. The van der Waals surface area contributed by atoms with Gasteiger partial charge in [0, 0.05) is 12.5 Å². The molecule has 0 aromatic heterocycles. The van der Waals surface area contributed by atoms with Crippen molar-refractivity contribution in [3.63, 3.8) is 0 Å². The number of ether oxygens (including phenoxy) is 1. The molecule has 0 radical (unpaired) electrons. The number of methoxy groups -OCH3 is 1. The molecule has 118 valence electrons. The Morgan fingerprint density at radius 2 is 1.50 bits per heavy atom. The molecule has 0 saturated heterocycles. The van der Waals surface area contributed by atoms with Crippen LogP contribution in [-0.4, -0.2) is 63.6 Å². The molecule has 2 aliphatic rings. The molecule has 7 nitrogen and oxygen atoms in total. The Balaban J connectivity index is 0.000000204. The molecule has 0 aromatic carbocycles. The van der Waals surface area contributed by atoms with Gasteiger partial charge in [-0.1, -0.05) is 0 Å². The van der Waals surface area contributed by atoms with Crippen LogP contribution in [0.5, 0.6) is 0 Å². The van der Waals surface area contributed by atoms with Gasteiger partial charge >= 0.3 is 5.97 Å². The fraction of sp³-hybridized carbons (Fsp3) is 0.909. The van der Waals surface area contributed by atoms with Crippen LogP contribution in [-0.2, 0) is 29.2 Å². The predicted molar refractivity (Wildman–Crippen MR) is 72.7 cm³/mol. The summed E-state index contributed by atoms with van der Waals surface area (Å²) in [5.41, 5.74) is 0. The van der Waals surface area contributed by atoms with Crippen molar-refractivity contribution in [2.24, 2.45) is 0 Å². The SMILES string of the molecule is COC(=O)C1(S(C)(=O)=O)CC1.CS(=O)(=O)C1(CO)CC1. The van der Waals surface area contributed by atoms with Gasteiger partial charge in [-0.15, -0.1) is 0 Å². The van der Waals surface area contributed by atoms with Crippen LogP contribution in [0, 0.1) is 0 Å². The number of rotatable bonds is 4. The van der Waals surface area contributed by atoms with Crippen molar-refractivity contribution in [2.75, 3.05) is 26.2 Å². The Morgan fingerprint density at radius 1 is 1.05 bits per heavy atom. The van der Waals surface area contributed by atoms with Crippen LogP contribution in [0.2, 0.25) is 0 Å². The second kappa shape index (κ2) is 5.27. The number of sulfone groups is 2. The van der Waals surface area contributed by atoms with E-state index in [1.54, 1.807) is 0 Å². The van der Waals surface area contributed by atoms with Crippen LogP contribution < -0.4 is 0 Å². The lowest BCUT2D eigenvalue weighted by Crippen LogP contribution is -2.32.